The van der Waals surface area contributed by atoms with Gasteiger partial charge in [0.05, 0.1) is 0 Å². The van der Waals surface area contributed by atoms with E-state index in [0.717, 1.165) is 43.7 Å². The maximum Gasteiger partial charge on any atom is 0.188 e. The van der Waals surface area contributed by atoms with Crippen LogP contribution in [0.25, 0.3) is 0 Å². The number of aromatic nitrogens is 3. The maximum atomic E-state index is 6.32. The smallest absolute Gasteiger partial charge is 0.188 e. The zero-order chi connectivity index (χ0) is 17.8. The predicted octanol–water partition coefficient (Wildman–Crippen LogP) is 2.58. The van der Waals surface area contributed by atoms with Crippen molar-refractivity contribution >= 4 is 33.8 Å². The number of nitrogens with zero attached hydrogens (tertiary/aromatic N) is 5. The lowest BCUT2D eigenvalue weighted by Gasteiger charge is -2.35. The van der Waals surface area contributed by atoms with Crippen molar-refractivity contribution in [3.05, 3.63) is 53.8 Å². The van der Waals surface area contributed by atoms with E-state index in [-0.39, 0.29) is 0 Å². The third-order valence-corrected chi connectivity index (χ3v) is 5.13. The molecule has 3 aromatic rings. The molecule has 0 saturated carbocycles. The van der Waals surface area contributed by atoms with Crippen LogP contribution >= 0.6 is 11.3 Å². The van der Waals surface area contributed by atoms with Gasteiger partial charge in [0.1, 0.15) is 12.0 Å². The van der Waals surface area contributed by atoms with E-state index in [4.69, 9.17) is 5.73 Å². The van der Waals surface area contributed by atoms with E-state index in [2.05, 4.69) is 60.4 Å². The van der Waals surface area contributed by atoms with Crippen molar-refractivity contribution in [1.29, 1.82) is 0 Å². The quantitative estimate of drug-likeness (QED) is 0.717. The molecule has 26 heavy (non-hydrogen) atoms. The predicted molar refractivity (Wildman–Crippen MR) is 106 cm³/mol. The molecule has 1 saturated heterocycles. The number of hydrogen-bond acceptors (Lipinski definition) is 8. The first-order valence-corrected chi connectivity index (χ1v) is 9.46. The van der Waals surface area contributed by atoms with Crippen LogP contribution in [0.1, 0.15) is 5.56 Å². The van der Waals surface area contributed by atoms with E-state index in [1.165, 1.54) is 16.9 Å². The molecule has 1 fully saturated rings. The second kappa shape index (κ2) is 7.67. The Labute approximate surface area is 156 Å². The molecule has 1 aliphatic rings. The fourth-order valence-electron chi connectivity index (χ4n) is 3.08. The molecular formula is C18H21N7S. The summed E-state index contributed by atoms with van der Waals surface area (Å²) in [5.41, 5.74) is 8.24. The zero-order valence-electron chi connectivity index (χ0n) is 14.4. The van der Waals surface area contributed by atoms with Gasteiger partial charge in [-0.3, -0.25) is 4.90 Å². The van der Waals surface area contributed by atoms with Crippen molar-refractivity contribution in [1.82, 2.24) is 19.9 Å². The molecule has 1 aromatic carbocycles. The minimum atomic E-state index is 0.569. The summed E-state index contributed by atoms with van der Waals surface area (Å²) in [5, 5.41) is 5.85. The first-order chi connectivity index (χ1) is 12.8. The van der Waals surface area contributed by atoms with Crippen LogP contribution < -0.4 is 16.0 Å². The van der Waals surface area contributed by atoms with Crippen LogP contribution in [0.15, 0.2) is 48.2 Å². The second-order valence-electron chi connectivity index (χ2n) is 6.17. The zero-order valence-corrected chi connectivity index (χ0v) is 15.2. The van der Waals surface area contributed by atoms with Crippen LogP contribution in [-0.2, 0) is 6.54 Å². The highest BCUT2D eigenvalue weighted by Crippen LogP contribution is 2.29. The highest BCUT2D eigenvalue weighted by molar-refractivity contribution is 7.13. The summed E-state index contributed by atoms with van der Waals surface area (Å²) >= 11 is 1.51. The molecule has 134 valence electrons. The van der Waals surface area contributed by atoms with Crippen LogP contribution in [0.4, 0.5) is 22.5 Å². The van der Waals surface area contributed by atoms with Gasteiger partial charge in [0.25, 0.3) is 0 Å². The Morgan fingerprint density at radius 2 is 1.85 bits per heavy atom. The van der Waals surface area contributed by atoms with E-state index in [1.54, 1.807) is 12.5 Å². The standard InChI is InChI=1S/C18H21N7S/c19-15-16(23-18-20-6-11-26-18)21-13-22-17(15)25-9-7-24(8-10-25)12-14-4-2-1-3-5-14/h1-6,11,13H,7-10,12,19H2,(H,20,21,22,23). The van der Waals surface area contributed by atoms with Gasteiger partial charge >= 0.3 is 0 Å². The number of nitrogen functional groups attached to an aromatic ring is 1. The summed E-state index contributed by atoms with van der Waals surface area (Å²) in [7, 11) is 0. The molecule has 2 aromatic heterocycles. The van der Waals surface area contributed by atoms with Crippen molar-refractivity contribution < 1.29 is 0 Å². The molecule has 3 heterocycles. The SMILES string of the molecule is Nc1c(Nc2nccs2)ncnc1N1CCN(Cc2ccccc2)CC1. The third kappa shape index (κ3) is 3.76. The highest BCUT2D eigenvalue weighted by Gasteiger charge is 2.21. The Balaban J connectivity index is 1.41. The van der Waals surface area contributed by atoms with Crippen LogP contribution in [0, 0.1) is 0 Å². The van der Waals surface area contributed by atoms with E-state index in [1.807, 2.05) is 5.38 Å². The summed E-state index contributed by atoms with van der Waals surface area (Å²) < 4.78 is 0. The molecule has 0 spiro atoms. The summed E-state index contributed by atoms with van der Waals surface area (Å²) in [5.74, 6) is 1.40. The topological polar surface area (TPSA) is 83.2 Å². The first kappa shape index (κ1) is 16.7. The molecule has 7 nitrogen and oxygen atoms in total. The van der Waals surface area contributed by atoms with Crippen molar-refractivity contribution in [2.75, 3.05) is 42.1 Å². The van der Waals surface area contributed by atoms with Gasteiger partial charge in [0.15, 0.2) is 16.8 Å². The van der Waals surface area contributed by atoms with E-state index >= 15 is 0 Å². The molecule has 4 rings (SSSR count). The van der Waals surface area contributed by atoms with E-state index < -0.39 is 0 Å². The van der Waals surface area contributed by atoms with E-state index in [0.29, 0.717) is 11.5 Å². The normalized spacial score (nSPS) is 15.2. The summed E-state index contributed by atoms with van der Waals surface area (Å²) in [6, 6.07) is 10.6. The molecule has 0 unspecified atom stereocenters. The van der Waals surface area contributed by atoms with Crippen molar-refractivity contribution in [2.24, 2.45) is 0 Å². The van der Waals surface area contributed by atoms with Gasteiger partial charge in [-0.15, -0.1) is 11.3 Å². The molecule has 1 aliphatic heterocycles. The second-order valence-corrected chi connectivity index (χ2v) is 7.07. The minimum Gasteiger partial charge on any atom is -0.393 e. The van der Waals surface area contributed by atoms with Gasteiger partial charge < -0.3 is 16.0 Å². The van der Waals surface area contributed by atoms with Gasteiger partial charge in [-0.2, -0.15) is 0 Å². The number of benzene rings is 1. The van der Waals surface area contributed by atoms with Crippen LogP contribution in [0.2, 0.25) is 0 Å². The van der Waals surface area contributed by atoms with Gasteiger partial charge in [-0.1, -0.05) is 30.3 Å². The van der Waals surface area contributed by atoms with Gasteiger partial charge in [0, 0.05) is 44.3 Å². The molecule has 0 atom stereocenters. The Bertz CT molecular complexity index is 830. The number of nitrogens with one attached hydrogen (secondary N) is 1. The van der Waals surface area contributed by atoms with Crippen molar-refractivity contribution in [2.45, 2.75) is 6.54 Å². The third-order valence-electron chi connectivity index (χ3n) is 4.44. The first-order valence-electron chi connectivity index (χ1n) is 8.58. The molecular weight excluding hydrogens is 346 g/mol. The van der Waals surface area contributed by atoms with Gasteiger partial charge in [-0.25, -0.2) is 15.0 Å². The molecule has 3 N–H and O–H groups in total. The summed E-state index contributed by atoms with van der Waals surface area (Å²) in [6.45, 7) is 4.72. The number of rotatable bonds is 5. The Morgan fingerprint density at radius 1 is 1.04 bits per heavy atom. The number of thiazole rings is 1. The Morgan fingerprint density at radius 3 is 2.58 bits per heavy atom. The fourth-order valence-corrected chi connectivity index (χ4v) is 3.61. The number of hydrogen-bond donors (Lipinski definition) is 2. The highest BCUT2D eigenvalue weighted by atomic mass is 32.1. The van der Waals surface area contributed by atoms with Crippen molar-refractivity contribution in [3.8, 4) is 0 Å². The molecule has 0 bridgehead atoms. The molecule has 0 radical (unpaired) electrons. The van der Waals surface area contributed by atoms with Gasteiger partial charge in [0.2, 0.25) is 0 Å². The van der Waals surface area contributed by atoms with Crippen LogP contribution in [-0.4, -0.2) is 46.0 Å². The average molecular weight is 367 g/mol. The maximum absolute atomic E-state index is 6.32. The van der Waals surface area contributed by atoms with E-state index in [9.17, 15) is 0 Å². The molecule has 0 aliphatic carbocycles. The van der Waals surface area contributed by atoms with Crippen LogP contribution in [0.3, 0.4) is 0 Å². The summed E-state index contributed by atoms with van der Waals surface area (Å²) in [4.78, 5) is 17.6. The number of piperazine rings is 1. The average Bonchev–Trinajstić information content (AvgIpc) is 3.18. The number of anilines is 4. The summed E-state index contributed by atoms with van der Waals surface area (Å²) in [6.07, 6.45) is 3.30. The lowest BCUT2D eigenvalue weighted by Crippen LogP contribution is -2.46. The monoisotopic (exact) mass is 367 g/mol. The molecule has 8 heteroatoms. The fraction of sp³-hybridized carbons (Fsp3) is 0.278. The lowest BCUT2D eigenvalue weighted by atomic mass is 10.2. The Kier molecular flexibility index (Phi) is 4.94. The van der Waals surface area contributed by atoms with Crippen LogP contribution in [0.5, 0.6) is 0 Å². The molecule has 0 amide bonds. The Hall–Kier alpha value is -2.71. The minimum absolute atomic E-state index is 0.569. The van der Waals surface area contributed by atoms with Gasteiger partial charge in [-0.05, 0) is 5.56 Å². The van der Waals surface area contributed by atoms with Crippen molar-refractivity contribution in [3.63, 3.8) is 0 Å². The largest absolute Gasteiger partial charge is 0.393 e. The lowest BCUT2D eigenvalue weighted by molar-refractivity contribution is 0.249. The number of nitrogens with two attached hydrogens (primary N) is 1.